The summed E-state index contributed by atoms with van der Waals surface area (Å²) in [5.41, 5.74) is 0.565. The Morgan fingerprint density at radius 3 is 2.65 bits per heavy atom. The summed E-state index contributed by atoms with van der Waals surface area (Å²) in [6.45, 7) is 0. The van der Waals surface area contributed by atoms with Crippen LogP contribution in [-0.2, 0) is 6.42 Å². The van der Waals surface area contributed by atoms with Gasteiger partial charge >= 0.3 is 0 Å². The van der Waals surface area contributed by atoms with E-state index in [2.05, 4.69) is 31.9 Å². The molecule has 0 saturated carbocycles. The average Bonchev–Trinajstić information content (AvgIpc) is 2.64. The third kappa shape index (κ3) is 3.19. The maximum absolute atomic E-state index is 12.1. The monoisotopic (exact) mass is 392 g/mol. The van der Waals surface area contributed by atoms with E-state index >= 15 is 0 Å². The molecule has 0 fully saturated rings. The molecule has 2 rings (SSSR count). The standard InChI is InChI=1S/C12H7Br2ClOS/c13-7-1-2-8(10(15)5-7)11(16)6-12-9(14)3-4-17-12/h1-5H,6H2. The highest BCUT2D eigenvalue weighted by Crippen LogP contribution is 2.27. The Morgan fingerprint density at radius 1 is 1.29 bits per heavy atom. The Morgan fingerprint density at radius 2 is 2.06 bits per heavy atom. The normalized spacial score (nSPS) is 10.5. The zero-order chi connectivity index (χ0) is 12.4. The molecule has 88 valence electrons. The molecule has 0 atom stereocenters. The van der Waals surface area contributed by atoms with Crippen LogP contribution in [0.3, 0.4) is 0 Å². The highest BCUT2D eigenvalue weighted by molar-refractivity contribution is 9.10. The first kappa shape index (κ1) is 13.3. The summed E-state index contributed by atoms with van der Waals surface area (Å²) in [6, 6.07) is 7.24. The molecule has 0 spiro atoms. The van der Waals surface area contributed by atoms with E-state index in [1.807, 2.05) is 17.5 Å². The van der Waals surface area contributed by atoms with Crippen molar-refractivity contribution in [2.75, 3.05) is 0 Å². The maximum Gasteiger partial charge on any atom is 0.169 e. The number of carbonyl (C=O) groups excluding carboxylic acids is 1. The molecule has 0 bridgehead atoms. The summed E-state index contributed by atoms with van der Waals surface area (Å²) in [5, 5.41) is 2.44. The van der Waals surface area contributed by atoms with Crippen LogP contribution in [0.5, 0.6) is 0 Å². The van der Waals surface area contributed by atoms with Crippen LogP contribution in [0.1, 0.15) is 15.2 Å². The van der Waals surface area contributed by atoms with E-state index in [9.17, 15) is 4.79 Å². The molecule has 0 saturated heterocycles. The molecular formula is C12H7Br2ClOS. The molecule has 0 aliphatic heterocycles. The molecule has 17 heavy (non-hydrogen) atoms. The third-order valence-corrected chi connectivity index (χ3v) is 4.98. The first-order chi connectivity index (χ1) is 8.08. The Hall–Kier alpha value is -0.160. The first-order valence-corrected chi connectivity index (χ1v) is 7.62. The Bertz CT molecular complexity index is 565. The van der Waals surface area contributed by atoms with Crippen molar-refractivity contribution in [3.63, 3.8) is 0 Å². The van der Waals surface area contributed by atoms with Crippen molar-refractivity contribution in [1.82, 2.24) is 0 Å². The number of hydrogen-bond donors (Lipinski definition) is 0. The molecule has 0 N–H and O–H groups in total. The SMILES string of the molecule is O=C(Cc1sccc1Br)c1ccc(Br)cc1Cl. The van der Waals surface area contributed by atoms with Crippen LogP contribution < -0.4 is 0 Å². The summed E-state index contributed by atoms with van der Waals surface area (Å²) in [7, 11) is 0. The minimum atomic E-state index is 0.0330. The van der Waals surface area contributed by atoms with Gasteiger partial charge in [-0.25, -0.2) is 0 Å². The van der Waals surface area contributed by atoms with E-state index in [1.54, 1.807) is 23.5 Å². The molecule has 1 heterocycles. The van der Waals surface area contributed by atoms with Crippen molar-refractivity contribution >= 4 is 60.6 Å². The van der Waals surface area contributed by atoms with Crippen LogP contribution in [0.25, 0.3) is 0 Å². The molecule has 2 aromatic rings. The third-order valence-electron chi connectivity index (χ3n) is 2.24. The summed E-state index contributed by atoms with van der Waals surface area (Å²) < 4.78 is 1.85. The quantitative estimate of drug-likeness (QED) is 0.641. The summed E-state index contributed by atoms with van der Waals surface area (Å²) in [6.07, 6.45) is 0.375. The van der Waals surface area contributed by atoms with Gasteiger partial charge in [0, 0.05) is 25.8 Å². The van der Waals surface area contributed by atoms with E-state index in [-0.39, 0.29) is 5.78 Å². The van der Waals surface area contributed by atoms with Crippen LogP contribution in [0.15, 0.2) is 38.6 Å². The van der Waals surface area contributed by atoms with Gasteiger partial charge in [-0.3, -0.25) is 4.79 Å². The fourth-order valence-electron chi connectivity index (χ4n) is 1.41. The zero-order valence-electron chi connectivity index (χ0n) is 8.54. The highest BCUT2D eigenvalue weighted by Gasteiger charge is 2.13. The van der Waals surface area contributed by atoms with Gasteiger partial charge < -0.3 is 0 Å². The van der Waals surface area contributed by atoms with Crippen LogP contribution in [0, 0.1) is 0 Å². The maximum atomic E-state index is 12.1. The molecule has 0 radical (unpaired) electrons. The van der Waals surface area contributed by atoms with Crippen molar-refractivity contribution in [1.29, 1.82) is 0 Å². The molecule has 0 aliphatic rings. The Labute approximate surface area is 125 Å². The molecule has 0 aliphatic carbocycles. The smallest absolute Gasteiger partial charge is 0.169 e. The zero-order valence-corrected chi connectivity index (χ0v) is 13.3. The fourth-order valence-corrected chi connectivity index (χ4v) is 3.68. The van der Waals surface area contributed by atoms with Crippen molar-refractivity contribution in [2.45, 2.75) is 6.42 Å². The van der Waals surface area contributed by atoms with Crippen molar-refractivity contribution in [3.05, 3.63) is 54.1 Å². The van der Waals surface area contributed by atoms with Gasteiger partial charge in [0.15, 0.2) is 5.78 Å². The van der Waals surface area contributed by atoms with E-state index < -0.39 is 0 Å². The van der Waals surface area contributed by atoms with Gasteiger partial charge in [0.05, 0.1) is 5.02 Å². The molecule has 1 aromatic heterocycles. The second-order valence-electron chi connectivity index (χ2n) is 3.42. The molecular weight excluding hydrogens is 387 g/mol. The van der Waals surface area contributed by atoms with Gasteiger partial charge in [0.1, 0.15) is 0 Å². The predicted molar refractivity (Wildman–Crippen MR) is 79.2 cm³/mol. The van der Waals surface area contributed by atoms with Gasteiger partial charge in [-0.1, -0.05) is 27.5 Å². The van der Waals surface area contributed by atoms with Gasteiger partial charge in [0.2, 0.25) is 0 Å². The molecule has 0 unspecified atom stereocenters. The largest absolute Gasteiger partial charge is 0.294 e. The lowest BCUT2D eigenvalue weighted by molar-refractivity contribution is 0.0994. The summed E-state index contributed by atoms with van der Waals surface area (Å²) in [5.74, 6) is 0.0330. The topological polar surface area (TPSA) is 17.1 Å². The van der Waals surface area contributed by atoms with Crippen LogP contribution in [0.2, 0.25) is 5.02 Å². The fraction of sp³-hybridized carbons (Fsp3) is 0.0833. The Kier molecular flexibility index (Phi) is 4.42. The van der Waals surface area contributed by atoms with Crippen molar-refractivity contribution in [3.8, 4) is 0 Å². The lowest BCUT2D eigenvalue weighted by Crippen LogP contribution is -2.03. The summed E-state index contributed by atoms with van der Waals surface area (Å²) in [4.78, 5) is 13.1. The van der Waals surface area contributed by atoms with Gasteiger partial charge in [0.25, 0.3) is 0 Å². The second kappa shape index (κ2) is 5.65. The number of rotatable bonds is 3. The number of carbonyl (C=O) groups is 1. The van der Waals surface area contributed by atoms with Crippen LogP contribution in [0.4, 0.5) is 0 Å². The lowest BCUT2D eigenvalue weighted by Gasteiger charge is -2.03. The number of benzene rings is 1. The number of hydrogen-bond acceptors (Lipinski definition) is 2. The minimum absolute atomic E-state index is 0.0330. The first-order valence-electron chi connectivity index (χ1n) is 4.78. The Balaban J connectivity index is 2.23. The van der Waals surface area contributed by atoms with Crippen LogP contribution in [-0.4, -0.2) is 5.78 Å². The van der Waals surface area contributed by atoms with E-state index in [4.69, 9.17) is 11.6 Å². The van der Waals surface area contributed by atoms with Crippen molar-refractivity contribution in [2.24, 2.45) is 0 Å². The molecule has 5 heteroatoms. The lowest BCUT2D eigenvalue weighted by atomic mass is 10.1. The second-order valence-corrected chi connectivity index (χ2v) is 6.59. The average molecular weight is 395 g/mol. The van der Waals surface area contributed by atoms with Gasteiger partial charge in [-0.05, 0) is 45.6 Å². The number of ketones is 1. The number of thiophene rings is 1. The highest BCUT2D eigenvalue weighted by atomic mass is 79.9. The predicted octanol–water partition coefficient (Wildman–Crippen LogP) is 5.35. The van der Waals surface area contributed by atoms with E-state index in [0.717, 1.165) is 13.8 Å². The molecule has 0 amide bonds. The van der Waals surface area contributed by atoms with Gasteiger partial charge in [-0.2, -0.15) is 0 Å². The minimum Gasteiger partial charge on any atom is -0.294 e. The van der Waals surface area contributed by atoms with E-state index in [0.29, 0.717) is 17.0 Å². The molecule has 1 nitrogen and oxygen atoms in total. The number of halogens is 3. The summed E-state index contributed by atoms with van der Waals surface area (Å²) >= 11 is 14.3. The number of Topliss-reactive ketones (excluding diaryl/α,β-unsaturated/α-hetero) is 1. The van der Waals surface area contributed by atoms with Crippen molar-refractivity contribution < 1.29 is 4.79 Å². The van der Waals surface area contributed by atoms with Crippen LogP contribution >= 0.6 is 54.8 Å². The van der Waals surface area contributed by atoms with E-state index in [1.165, 1.54) is 0 Å². The molecule has 1 aromatic carbocycles. The van der Waals surface area contributed by atoms with Gasteiger partial charge in [-0.15, -0.1) is 11.3 Å².